The minimum atomic E-state index is 0.249. The van der Waals surface area contributed by atoms with Gasteiger partial charge in [-0.3, -0.25) is 0 Å². The quantitative estimate of drug-likeness (QED) is 0.922. The number of aromatic nitrogens is 3. The van der Waals surface area contributed by atoms with E-state index in [-0.39, 0.29) is 6.10 Å². The molecule has 2 aromatic rings. The number of fused-ring (bicyclic) bond motifs is 1. The Hall–Kier alpha value is -1.82. The first-order valence-corrected chi connectivity index (χ1v) is 7.02. The second kappa shape index (κ2) is 5.28. The Kier molecular flexibility index (Phi) is 3.48. The fourth-order valence-electron chi connectivity index (χ4n) is 2.78. The van der Waals surface area contributed by atoms with E-state index in [2.05, 4.69) is 27.1 Å². The van der Waals surface area contributed by atoms with Crippen LogP contribution in [0.5, 0.6) is 0 Å². The largest absolute Gasteiger partial charge is 0.379 e. The minimum Gasteiger partial charge on any atom is -0.379 e. The minimum absolute atomic E-state index is 0.249. The molecule has 3 rings (SSSR count). The average molecular weight is 275 g/mol. The molecule has 1 saturated heterocycles. The molecule has 0 spiro atoms. The maximum Gasteiger partial charge on any atom is 0.180 e. The van der Waals surface area contributed by atoms with Crippen LogP contribution in [-0.2, 0) is 4.74 Å². The van der Waals surface area contributed by atoms with Crippen molar-refractivity contribution in [3.8, 4) is 0 Å². The zero-order valence-electron chi connectivity index (χ0n) is 12.2. The van der Waals surface area contributed by atoms with Crippen molar-refractivity contribution in [2.75, 3.05) is 37.5 Å². The van der Waals surface area contributed by atoms with Gasteiger partial charge in [0, 0.05) is 39.6 Å². The van der Waals surface area contributed by atoms with Crippen LogP contribution in [-0.4, -0.2) is 47.7 Å². The summed E-state index contributed by atoms with van der Waals surface area (Å²) >= 11 is 0. The van der Waals surface area contributed by atoms with Gasteiger partial charge >= 0.3 is 0 Å². The van der Waals surface area contributed by atoms with Gasteiger partial charge in [-0.1, -0.05) is 6.92 Å². The maximum atomic E-state index is 5.59. The first-order valence-electron chi connectivity index (χ1n) is 7.02. The van der Waals surface area contributed by atoms with Crippen molar-refractivity contribution in [3.05, 3.63) is 18.6 Å². The highest BCUT2D eigenvalue weighted by Gasteiger charge is 2.28. The predicted molar refractivity (Wildman–Crippen MR) is 79.3 cm³/mol. The second-order valence-corrected chi connectivity index (χ2v) is 5.34. The number of imidazole rings is 1. The fourth-order valence-corrected chi connectivity index (χ4v) is 2.78. The molecule has 3 heterocycles. The monoisotopic (exact) mass is 275 g/mol. The zero-order valence-corrected chi connectivity index (χ0v) is 12.2. The van der Waals surface area contributed by atoms with Gasteiger partial charge < -0.3 is 19.4 Å². The average Bonchev–Trinajstić information content (AvgIpc) is 2.95. The van der Waals surface area contributed by atoms with E-state index in [1.54, 1.807) is 13.3 Å². The lowest BCUT2D eigenvalue weighted by Gasteiger charge is -2.37. The van der Waals surface area contributed by atoms with Crippen molar-refractivity contribution in [3.63, 3.8) is 0 Å². The number of anilines is 2. The number of hydrogen-bond donors (Lipinski definition) is 1. The van der Waals surface area contributed by atoms with Crippen LogP contribution in [0.1, 0.15) is 13.3 Å². The number of methoxy groups -OCH3 is 1. The molecule has 1 aliphatic heterocycles. The molecule has 0 bridgehead atoms. The van der Waals surface area contributed by atoms with Crippen molar-refractivity contribution >= 4 is 17.3 Å². The Bertz CT molecular complexity index is 596. The molecule has 2 unspecified atom stereocenters. The predicted octanol–water partition coefficient (Wildman–Crippen LogP) is 1.63. The number of nitrogens with zero attached hydrogens (tertiary/aromatic N) is 4. The second-order valence-electron chi connectivity index (χ2n) is 5.34. The third kappa shape index (κ3) is 2.20. The number of rotatable bonds is 3. The van der Waals surface area contributed by atoms with E-state index in [0.717, 1.165) is 36.8 Å². The van der Waals surface area contributed by atoms with Gasteiger partial charge in [0.2, 0.25) is 0 Å². The molecule has 0 amide bonds. The van der Waals surface area contributed by atoms with Crippen LogP contribution >= 0.6 is 0 Å². The molecule has 2 aromatic heterocycles. The molecule has 1 aliphatic rings. The molecule has 1 fully saturated rings. The molecule has 0 aromatic carbocycles. The van der Waals surface area contributed by atoms with Crippen LogP contribution in [0.2, 0.25) is 0 Å². The van der Waals surface area contributed by atoms with Crippen molar-refractivity contribution in [2.24, 2.45) is 5.92 Å². The van der Waals surface area contributed by atoms with E-state index >= 15 is 0 Å². The Morgan fingerprint density at radius 1 is 1.45 bits per heavy atom. The van der Waals surface area contributed by atoms with Gasteiger partial charge in [0.25, 0.3) is 0 Å². The van der Waals surface area contributed by atoms with E-state index in [4.69, 9.17) is 4.74 Å². The van der Waals surface area contributed by atoms with Crippen LogP contribution in [0.15, 0.2) is 18.6 Å². The molecule has 20 heavy (non-hydrogen) atoms. The topological polar surface area (TPSA) is 54.7 Å². The summed E-state index contributed by atoms with van der Waals surface area (Å²) in [7, 11) is 3.67. The summed E-state index contributed by atoms with van der Waals surface area (Å²) in [5.41, 5.74) is 0.897. The highest BCUT2D eigenvalue weighted by molar-refractivity contribution is 5.67. The van der Waals surface area contributed by atoms with Crippen molar-refractivity contribution in [1.82, 2.24) is 14.4 Å². The number of hydrogen-bond acceptors (Lipinski definition) is 5. The molecule has 6 heteroatoms. The fraction of sp³-hybridized carbons (Fsp3) is 0.571. The van der Waals surface area contributed by atoms with Gasteiger partial charge in [0.05, 0.1) is 12.3 Å². The lowest BCUT2D eigenvalue weighted by molar-refractivity contribution is 0.0497. The van der Waals surface area contributed by atoms with Gasteiger partial charge in [-0.15, -0.1) is 0 Å². The molecule has 0 radical (unpaired) electrons. The van der Waals surface area contributed by atoms with Crippen LogP contribution in [0.3, 0.4) is 0 Å². The van der Waals surface area contributed by atoms with Crippen molar-refractivity contribution < 1.29 is 4.74 Å². The summed E-state index contributed by atoms with van der Waals surface area (Å²) in [5, 5.41) is 3.10. The summed E-state index contributed by atoms with van der Waals surface area (Å²) < 4.78 is 7.60. The van der Waals surface area contributed by atoms with Crippen LogP contribution in [0.25, 0.3) is 5.65 Å². The van der Waals surface area contributed by atoms with Gasteiger partial charge in [0.15, 0.2) is 11.5 Å². The molecule has 6 nitrogen and oxygen atoms in total. The molecule has 1 N–H and O–H groups in total. The van der Waals surface area contributed by atoms with Crippen molar-refractivity contribution in [1.29, 1.82) is 0 Å². The van der Waals surface area contributed by atoms with Crippen LogP contribution in [0, 0.1) is 5.92 Å². The number of nitrogens with one attached hydrogen (secondary N) is 1. The summed E-state index contributed by atoms with van der Waals surface area (Å²) in [4.78, 5) is 11.4. The number of ether oxygens (including phenoxy) is 1. The van der Waals surface area contributed by atoms with E-state index in [9.17, 15) is 0 Å². The molecular weight excluding hydrogens is 254 g/mol. The Morgan fingerprint density at radius 2 is 2.30 bits per heavy atom. The van der Waals surface area contributed by atoms with E-state index in [1.807, 2.05) is 23.8 Å². The Labute approximate surface area is 118 Å². The lowest BCUT2D eigenvalue weighted by Crippen LogP contribution is -2.44. The van der Waals surface area contributed by atoms with Crippen LogP contribution in [0.4, 0.5) is 11.6 Å². The van der Waals surface area contributed by atoms with Crippen molar-refractivity contribution in [2.45, 2.75) is 19.4 Å². The zero-order chi connectivity index (χ0) is 14.1. The SMILES string of the molecule is CNc1cn2ccnc2c(N2CCC(C)C(OC)C2)n1. The summed E-state index contributed by atoms with van der Waals surface area (Å²) in [6, 6.07) is 0. The normalized spacial score (nSPS) is 23.2. The highest BCUT2D eigenvalue weighted by atomic mass is 16.5. The molecule has 108 valence electrons. The Morgan fingerprint density at radius 3 is 3.05 bits per heavy atom. The van der Waals surface area contributed by atoms with Crippen LogP contribution < -0.4 is 10.2 Å². The van der Waals surface area contributed by atoms with Gasteiger partial charge in [-0.05, 0) is 12.3 Å². The first kappa shape index (κ1) is 13.2. The smallest absolute Gasteiger partial charge is 0.180 e. The maximum absolute atomic E-state index is 5.59. The number of piperidine rings is 1. The summed E-state index contributed by atoms with van der Waals surface area (Å²) in [5.74, 6) is 2.35. The molecule has 0 aliphatic carbocycles. The van der Waals surface area contributed by atoms with E-state index < -0.39 is 0 Å². The molecule has 0 saturated carbocycles. The molecule has 2 atom stereocenters. The third-order valence-electron chi connectivity index (χ3n) is 4.10. The van der Waals surface area contributed by atoms with E-state index in [0.29, 0.717) is 5.92 Å². The summed E-state index contributed by atoms with van der Waals surface area (Å²) in [6.07, 6.45) is 7.06. The first-order chi connectivity index (χ1) is 9.72. The highest BCUT2D eigenvalue weighted by Crippen LogP contribution is 2.27. The van der Waals surface area contributed by atoms with Gasteiger partial charge in [-0.2, -0.15) is 0 Å². The summed E-state index contributed by atoms with van der Waals surface area (Å²) in [6.45, 7) is 4.10. The van der Waals surface area contributed by atoms with Gasteiger partial charge in [-0.25, -0.2) is 9.97 Å². The standard InChI is InChI=1S/C14H21N5O/c1-10-4-6-18(8-11(10)20-3)14-13-16-5-7-19(13)9-12(15-2)17-14/h5,7,9-11,15H,4,6,8H2,1-3H3. The Balaban J connectivity index is 1.98. The third-order valence-corrected chi connectivity index (χ3v) is 4.10. The molecular formula is C14H21N5O. The van der Waals surface area contributed by atoms with Gasteiger partial charge in [0.1, 0.15) is 5.82 Å². The van der Waals surface area contributed by atoms with E-state index in [1.165, 1.54) is 0 Å². The lowest BCUT2D eigenvalue weighted by atomic mass is 9.96.